The minimum Gasteiger partial charge on any atom is -0.478 e. The van der Waals surface area contributed by atoms with Crippen LogP contribution in [0.3, 0.4) is 0 Å². The number of aromatic carboxylic acids is 1. The molecule has 2 aromatic carbocycles. The topological polar surface area (TPSA) is 123 Å². The van der Waals surface area contributed by atoms with Gasteiger partial charge >= 0.3 is 5.97 Å². The monoisotopic (exact) mass is 610 g/mol. The largest absolute Gasteiger partial charge is 0.478 e. The highest BCUT2D eigenvalue weighted by Gasteiger charge is 2.27. The van der Waals surface area contributed by atoms with Crippen molar-refractivity contribution >= 4 is 39.6 Å². The molecule has 1 saturated heterocycles. The van der Waals surface area contributed by atoms with Gasteiger partial charge < -0.3 is 23.6 Å². The van der Waals surface area contributed by atoms with E-state index in [-0.39, 0.29) is 23.5 Å². The van der Waals surface area contributed by atoms with Crippen molar-refractivity contribution in [3.63, 3.8) is 0 Å². The number of nitriles is 1. The number of aromatic nitrogens is 3. The first-order chi connectivity index (χ1) is 21.4. The number of rotatable bonds is 9. The fourth-order valence-corrected chi connectivity index (χ4v) is 6.65. The average Bonchev–Trinajstić information content (AvgIpc) is 3.57. The van der Waals surface area contributed by atoms with Crippen molar-refractivity contribution in [2.24, 2.45) is 5.92 Å². The maximum Gasteiger partial charge on any atom is 0.335 e. The van der Waals surface area contributed by atoms with Gasteiger partial charge in [-0.05, 0) is 80.0 Å². The van der Waals surface area contributed by atoms with E-state index >= 15 is 0 Å². The smallest absolute Gasteiger partial charge is 0.335 e. The predicted octanol–water partition coefficient (Wildman–Crippen LogP) is 7.29. The average molecular weight is 611 g/mol. The highest BCUT2D eigenvalue weighted by atomic mass is 35.5. The number of carbonyl (C=O) groups is 1. The fourth-order valence-electron chi connectivity index (χ4n) is 6.47. The van der Waals surface area contributed by atoms with Crippen LogP contribution in [0.1, 0.15) is 71.0 Å². The van der Waals surface area contributed by atoms with Crippen LogP contribution >= 0.6 is 11.6 Å². The molecule has 0 amide bonds. The van der Waals surface area contributed by atoms with E-state index in [1.54, 1.807) is 24.3 Å². The molecule has 0 spiro atoms. The lowest BCUT2D eigenvalue weighted by molar-refractivity contribution is -0.0590. The van der Waals surface area contributed by atoms with Gasteiger partial charge in [-0.2, -0.15) is 5.26 Å². The molecule has 0 unspecified atom stereocenters. The Bertz CT molecular complexity index is 1900. The highest BCUT2D eigenvalue weighted by molar-refractivity contribution is 6.29. The Morgan fingerprint density at radius 2 is 1.93 bits per heavy atom. The number of furan rings is 1. The summed E-state index contributed by atoms with van der Waals surface area (Å²) in [5, 5.41) is 19.8. The molecule has 10 heteroatoms. The van der Waals surface area contributed by atoms with Crippen molar-refractivity contribution < 1.29 is 23.8 Å². The summed E-state index contributed by atoms with van der Waals surface area (Å²) in [7, 11) is 0. The van der Waals surface area contributed by atoms with Crippen molar-refractivity contribution in [3.05, 3.63) is 88.0 Å². The lowest BCUT2D eigenvalue weighted by Crippen LogP contribution is -2.32. The molecular weight excluding hydrogens is 580 g/mol. The van der Waals surface area contributed by atoms with Crippen LogP contribution in [0.25, 0.3) is 22.0 Å². The van der Waals surface area contributed by atoms with Crippen molar-refractivity contribution in [2.45, 2.75) is 63.7 Å². The van der Waals surface area contributed by atoms with Crippen LogP contribution in [0.15, 0.2) is 59.0 Å². The van der Waals surface area contributed by atoms with E-state index in [0.717, 1.165) is 73.2 Å². The SMILES string of the molecule is N#Cc1ccc(COc2cccc(C3CCC(Cc4nc5ccc(C(=O)O)cc5n4C[C@@H]4CCO4)CC3)n2)c2oc(Cl)cc12. The molecule has 1 N–H and O–H groups in total. The van der Waals surface area contributed by atoms with Gasteiger partial charge in [0.25, 0.3) is 0 Å². The van der Waals surface area contributed by atoms with Gasteiger partial charge in [0.1, 0.15) is 18.0 Å². The Morgan fingerprint density at radius 3 is 2.68 bits per heavy atom. The van der Waals surface area contributed by atoms with Gasteiger partial charge in [-0.15, -0.1) is 0 Å². The number of carboxylic acids is 1. The van der Waals surface area contributed by atoms with Crippen molar-refractivity contribution in [1.29, 1.82) is 5.26 Å². The van der Waals surface area contributed by atoms with E-state index in [2.05, 4.69) is 16.7 Å². The standard InChI is InChI=1S/C34H31ClN4O5/c35-30-16-26-23(17-36)8-9-24(33(26)44-30)19-43-32-3-1-2-27(38-32)21-6-4-20(5-7-21)14-31-37-28-11-10-22(34(40)41)15-29(28)39(31)18-25-12-13-42-25/h1-3,8-11,15-16,20-21,25H,4-7,12-14,18-19H2,(H,40,41)/t20?,21?,25-/m0/s1. The molecule has 1 saturated carbocycles. The second kappa shape index (κ2) is 11.9. The molecule has 9 nitrogen and oxygen atoms in total. The molecule has 0 radical (unpaired) electrons. The maximum atomic E-state index is 11.6. The van der Waals surface area contributed by atoms with E-state index < -0.39 is 5.97 Å². The number of halogens is 1. The third-order valence-corrected chi connectivity index (χ3v) is 9.15. The van der Waals surface area contributed by atoms with E-state index in [1.165, 1.54) is 0 Å². The summed E-state index contributed by atoms with van der Waals surface area (Å²) < 4.78 is 19.6. The van der Waals surface area contributed by atoms with E-state index in [4.69, 9.17) is 35.5 Å². The summed E-state index contributed by atoms with van der Waals surface area (Å²) in [5.74, 6) is 1.45. The van der Waals surface area contributed by atoms with E-state index in [9.17, 15) is 15.2 Å². The van der Waals surface area contributed by atoms with Crippen LogP contribution in [0.4, 0.5) is 0 Å². The van der Waals surface area contributed by atoms with Crippen LogP contribution in [0, 0.1) is 17.2 Å². The highest BCUT2D eigenvalue weighted by Crippen LogP contribution is 2.38. The first-order valence-electron chi connectivity index (χ1n) is 15.0. The zero-order valence-electron chi connectivity index (χ0n) is 24.0. The third kappa shape index (κ3) is 5.63. The normalized spacial score (nSPS) is 20.0. The number of pyridine rings is 1. The number of carboxylic acid groups (broad SMARTS) is 1. The number of ether oxygens (including phenoxy) is 2. The van der Waals surface area contributed by atoms with E-state index in [1.807, 2.05) is 24.3 Å². The molecule has 4 heterocycles. The number of fused-ring (bicyclic) bond motifs is 2. The Kier molecular flexibility index (Phi) is 7.71. The number of hydrogen-bond acceptors (Lipinski definition) is 7. The maximum absolute atomic E-state index is 11.6. The number of nitrogens with zero attached hydrogens (tertiary/aromatic N) is 4. The molecule has 224 valence electrons. The molecule has 5 aromatic rings. The van der Waals surface area contributed by atoms with Gasteiger partial charge in [0.2, 0.25) is 5.88 Å². The summed E-state index contributed by atoms with van der Waals surface area (Å²) in [6.07, 6.45) is 6.17. The van der Waals surface area contributed by atoms with Gasteiger partial charge in [0.05, 0.1) is 40.9 Å². The van der Waals surface area contributed by atoms with Crippen molar-refractivity contribution in [1.82, 2.24) is 14.5 Å². The van der Waals surface area contributed by atoms with Crippen LogP contribution in [0.5, 0.6) is 5.88 Å². The lowest BCUT2D eigenvalue weighted by Gasteiger charge is -2.30. The fraction of sp³-hybridized carbons (Fsp3) is 0.353. The van der Waals surface area contributed by atoms with Crippen LogP contribution in [-0.2, 0) is 24.3 Å². The summed E-state index contributed by atoms with van der Waals surface area (Å²) >= 11 is 6.08. The van der Waals surface area contributed by atoms with Crippen LogP contribution in [0.2, 0.25) is 5.22 Å². The summed E-state index contributed by atoms with van der Waals surface area (Å²) in [5.41, 5.74) is 4.86. The van der Waals surface area contributed by atoms with Gasteiger partial charge in [-0.1, -0.05) is 12.1 Å². The molecule has 2 fully saturated rings. The lowest BCUT2D eigenvalue weighted by atomic mass is 9.79. The number of benzene rings is 2. The minimum atomic E-state index is -0.934. The van der Waals surface area contributed by atoms with Gasteiger partial charge in [0, 0.05) is 47.7 Å². The quantitative estimate of drug-likeness (QED) is 0.185. The Morgan fingerprint density at radius 1 is 1.09 bits per heavy atom. The molecule has 1 atom stereocenters. The molecular formula is C34H31ClN4O5. The van der Waals surface area contributed by atoms with Crippen molar-refractivity contribution in [2.75, 3.05) is 6.61 Å². The molecule has 44 heavy (non-hydrogen) atoms. The van der Waals surface area contributed by atoms with E-state index in [0.29, 0.717) is 40.8 Å². The Balaban J connectivity index is 1.01. The number of hydrogen-bond donors (Lipinski definition) is 1. The second-order valence-electron chi connectivity index (χ2n) is 11.7. The van der Waals surface area contributed by atoms with Gasteiger partial charge in [0.15, 0.2) is 5.22 Å². The summed E-state index contributed by atoms with van der Waals surface area (Å²) in [4.78, 5) is 21.4. The summed E-state index contributed by atoms with van der Waals surface area (Å²) in [6.45, 7) is 1.72. The molecule has 1 aliphatic heterocycles. The predicted molar refractivity (Wildman–Crippen MR) is 164 cm³/mol. The molecule has 3 aromatic heterocycles. The Labute approximate surface area is 259 Å². The number of imidazole rings is 1. The molecule has 2 aliphatic rings. The zero-order valence-corrected chi connectivity index (χ0v) is 24.8. The molecule has 1 aliphatic carbocycles. The van der Waals surface area contributed by atoms with Crippen LogP contribution in [-0.4, -0.2) is 38.3 Å². The zero-order chi connectivity index (χ0) is 30.2. The Hall–Kier alpha value is -4.39. The van der Waals surface area contributed by atoms with Crippen LogP contribution < -0.4 is 4.74 Å². The molecule has 7 rings (SSSR count). The third-order valence-electron chi connectivity index (χ3n) is 8.97. The second-order valence-corrected chi connectivity index (χ2v) is 12.1. The molecule has 0 bridgehead atoms. The van der Waals surface area contributed by atoms with Gasteiger partial charge in [-0.25, -0.2) is 14.8 Å². The summed E-state index contributed by atoms with van der Waals surface area (Å²) in [6, 6.07) is 18.5. The van der Waals surface area contributed by atoms with Crippen molar-refractivity contribution in [3.8, 4) is 11.9 Å². The first-order valence-corrected chi connectivity index (χ1v) is 15.4. The van der Waals surface area contributed by atoms with Gasteiger partial charge in [-0.3, -0.25) is 0 Å². The first kappa shape index (κ1) is 28.4. The minimum absolute atomic E-state index is 0.149.